The Labute approximate surface area is 131 Å². The van der Waals surface area contributed by atoms with Crippen molar-refractivity contribution in [1.82, 2.24) is 10.2 Å². The Morgan fingerprint density at radius 1 is 1.29 bits per heavy atom. The van der Waals surface area contributed by atoms with E-state index in [2.05, 4.69) is 10.2 Å². The maximum Gasteiger partial charge on any atom is 0.240 e. The van der Waals surface area contributed by atoms with E-state index < -0.39 is 6.43 Å². The zero-order chi connectivity index (χ0) is 14.5. The van der Waals surface area contributed by atoms with Gasteiger partial charge in [0.1, 0.15) is 5.75 Å². The van der Waals surface area contributed by atoms with Crippen LogP contribution < -0.4 is 10.1 Å². The minimum Gasteiger partial charge on any atom is -0.497 e. The molecule has 2 rings (SSSR count). The summed E-state index contributed by atoms with van der Waals surface area (Å²) < 4.78 is 31.1. The van der Waals surface area contributed by atoms with E-state index >= 15 is 0 Å². The molecule has 1 atom stereocenters. The first-order chi connectivity index (χ1) is 9.61. The molecular formula is C15H23ClF2N2O. The van der Waals surface area contributed by atoms with Gasteiger partial charge in [-0.2, -0.15) is 0 Å². The van der Waals surface area contributed by atoms with Crippen LogP contribution in [0.5, 0.6) is 5.75 Å². The van der Waals surface area contributed by atoms with Gasteiger partial charge >= 0.3 is 0 Å². The molecule has 0 bridgehead atoms. The van der Waals surface area contributed by atoms with Gasteiger partial charge in [-0.3, -0.25) is 4.90 Å². The summed E-state index contributed by atoms with van der Waals surface area (Å²) in [6, 6.07) is 5.46. The Morgan fingerprint density at radius 2 is 1.95 bits per heavy atom. The smallest absolute Gasteiger partial charge is 0.240 e. The molecule has 1 fully saturated rings. The number of aryl methyl sites for hydroxylation is 1. The van der Waals surface area contributed by atoms with Gasteiger partial charge in [0.15, 0.2) is 0 Å². The molecule has 1 aliphatic heterocycles. The summed E-state index contributed by atoms with van der Waals surface area (Å²) in [6.45, 7) is 5.29. The maximum absolute atomic E-state index is 12.9. The van der Waals surface area contributed by atoms with E-state index in [9.17, 15) is 8.78 Å². The van der Waals surface area contributed by atoms with E-state index in [4.69, 9.17) is 4.74 Å². The van der Waals surface area contributed by atoms with Gasteiger partial charge in [0.05, 0.1) is 7.11 Å². The molecule has 6 heteroatoms. The number of benzene rings is 1. The summed E-state index contributed by atoms with van der Waals surface area (Å²) in [6.07, 6.45) is -2.41. The lowest BCUT2D eigenvalue weighted by molar-refractivity contribution is 0.0737. The van der Waals surface area contributed by atoms with E-state index in [0.29, 0.717) is 0 Å². The van der Waals surface area contributed by atoms with Crippen LogP contribution in [0.15, 0.2) is 18.2 Å². The number of piperazine rings is 1. The lowest BCUT2D eigenvalue weighted by Crippen LogP contribution is -2.45. The zero-order valence-electron chi connectivity index (χ0n) is 12.4. The molecule has 0 saturated carbocycles. The number of hydrogen-bond acceptors (Lipinski definition) is 3. The van der Waals surface area contributed by atoms with Crippen LogP contribution in [-0.2, 0) is 0 Å². The second-order valence-electron chi connectivity index (χ2n) is 5.15. The van der Waals surface area contributed by atoms with E-state index in [-0.39, 0.29) is 24.9 Å². The van der Waals surface area contributed by atoms with Crippen molar-refractivity contribution in [1.29, 1.82) is 0 Å². The molecule has 1 aromatic carbocycles. The number of halogens is 3. The highest BCUT2D eigenvalue weighted by Crippen LogP contribution is 2.31. The van der Waals surface area contributed by atoms with Crippen molar-refractivity contribution in [2.24, 2.45) is 0 Å². The standard InChI is InChI=1S/C15H22F2N2O.ClH/c1-11-9-12(20-2)3-4-13(11)14(10-15(16)17)19-7-5-18-6-8-19;/h3-4,9,14-15,18H,5-8,10H2,1-2H3;1H/t14-;/m1./s1. The molecule has 0 radical (unpaired) electrons. The predicted octanol–water partition coefficient (Wildman–Crippen LogP) is 3.03. The first kappa shape index (κ1) is 18.1. The molecule has 0 aromatic heterocycles. The maximum atomic E-state index is 12.9. The summed E-state index contributed by atoms with van der Waals surface area (Å²) in [4.78, 5) is 2.15. The number of rotatable bonds is 5. The second-order valence-corrected chi connectivity index (χ2v) is 5.15. The molecule has 1 aromatic rings. The fraction of sp³-hybridized carbons (Fsp3) is 0.600. The molecule has 1 heterocycles. The second kappa shape index (κ2) is 8.51. The van der Waals surface area contributed by atoms with Crippen molar-refractivity contribution in [3.8, 4) is 5.75 Å². The number of ether oxygens (including phenoxy) is 1. The van der Waals surface area contributed by atoms with Gasteiger partial charge < -0.3 is 10.1 Å². The topological polar surface area (TPSA) is 24.5 Å². The lowest BCUT2D eigenvalue weighted by atomic mass is 9.96. The highest BCUT2D eigenvalue weighted by atomic mass is 35.5. The van der Waals surface area contributed by atoms with E-state index in [1.54, 1.807) is 7.11 Å². The first-order valence-corrected chi connectivity index (χ1v) is 6.99. The molecule has 3 nitrogen and oxygen atoms in total. The number of hydrogen-bond donors (Lipinski definition) is 1. The van der Waals surface area contributed by atoms with Crippen LogP contribution in [0.2, 0.25) is 0 Å². The Balaban J connectivity index is 0.00000220. The summed E-state index contributed by atoms with van der Waals surface area (Å²) >= 11 is 0. The van der Waals surface area contributed by atoms with Crippen LogP contribution in [0.4, 0.5) is 8.78 Å². The van der Waals surface area contributed by atoms with Gasteiger partial charge in [-0.15, -0.1) is 12.4 Å². The van der Waals surface area contributed by atoms with Gasteiger partial charge in [-0.25, -0.2) is 8.78 Å². The summed E-state index contributed by atoms with van der Waals surface area (Å²) in [5, 5.41) is 3.26. The van der Waals surface area contributed by atoms with Crippen LogP contribution >= 0.6 is 12.4 Å². The van der Waals surface area contributed by atoms with Crippen molar-refractivity contribution in [2.45, 2.75) is 25.8 Å². The Kier molecular flexibility index (Phi) is 7.35. The molecule has 1 saturated heterocycles. The van der Waals surface area contributed by atoms with Crippen molar-refractivity contribution in [3.63, 3.8) is 0 Å². The average molecular weight is 321 g/mol. The SMILES string of the molecule is COc1ccc([C@@H](CC(F)F)N2CCNCC2)c(C)c1.Cl. The highest BCUT2D eigenvalue weighted by Gasteiger charge is 2.26. The number of nitrogens with one attached hydrogen (secondary N) is 1. The third-order valence-corrected chi connectivity index (χ3v) is 3.83. The minimum absolute atomic E-state index is 0. The van der Waals surface area contributed by atoms with Crippen LogP contribution in [-0.4, -0.2) is 44.6 Å². The normalized spacial score (nSPS) is 17.4. The number of methoxy groups -OCH3 is 1. The van der Waals surface area contributed by atoms with Crippen molar-refractivity contribution < 1.29 is 13.5 Å². The molecule has 1 aliphatic rings. The molecule has 0 aliphatic carbocycles. The van der Waals surface area contributed by atoms with Crippen LogP contribution in [0.3, 0.4) is 0 Å². The van der Waals surface area contributed by atoms with Crippen molar-refractivity contribution in [2.75, 3.05) is 33.3 Å². The van der Waals surface area contributed by atoms with Gasteiger partial charge in [0.25, 0.3) is 0 Å². The molecule has 0 unspecified atom stereocenters. The van der Waals surface area contributed by atoms with Gasteiger partial charge in [0, 0.05) is 38.6 Å². The van der Waals surface area contributed by atoms with Crippen LogP contribution in [0.1, 0.15) is 23.6 Å². The lowest BCUT2D eigenvalue weighted by Gasteiger charge is -2.36. The van der Waals surface area contributed by atoms with Gasteiger partial charge in [0.2, 0.25) is 6.43 Å². The molecule has 1 N–H and O–H groups in total. The summed E-state index contributed by atoms with van der Waals surface area (Å²) in [7, 11) is 1.61. The fourth-order valence-electron chi connectivity index (χ4n) is 2.78. The first-order valence-electron chi connectivity index (χ1n) is 6.99. The number of alkyl halides is 2. The average Bonchev–Trinajstić information content (AvgIpc) is 2.45. The van der Waals surface area contributed by atoms with Crippen LogP contribution in [0, 0.1) is 6.92 Å². The monoisotopic (exact) mass is 320 g/mol. The third kappa shape index (κ3) is 4.80. The molecule has 0 amide bonds. The third-order valence-electron chi connectivity index (χ3n) is 3.83. The Hall–Kier alpha value is -0.910. The van der Waals surface area contributed by atoms with Crippen LogP contribution in [0.25, 0.3) is 0 Å². The summed E-state index contributed by atoms with van der Waals surface area (Å²) in [5.74, 6) is 0.766. The highest BCUT2D eigenvalue weighted by molar-refractivity contribution is 5.85. The Bertz CT molecular complexity index is 440. The van der Waals surface area contributed by atoms with E-state index in [1.165, 1.54) is 0 Å². The largest absolute Gasteiger partial charge is 0.497 e. The fourth-order valence-corrected chi connectivity index (χ4v) is 2.78. The van der Waals surface area contributed by atoms with Gasteiger partial charge in [-0.1, -0.05) is 6.07 Å². The van der Waals surface area contributed by atoms with Crippen molar-refractivity contribution >= 4 is 12.4 Å². The summed E-state index contributed by atoms with van der Waals surface area (Å²) in [5.41, 5.74) is 1.99. The number of nitrogens with zero attached hydrogens (tertiary/aromatic N) is 1. The molecule has 21 heavy (non-hydrogen) atoms. The van der Waals surface area contributed by atoms with Crippen molar-refractivity contribution in [3.05, 3.63) is 29.3 Å². The van der Waals surface area contributed by atoms with Gasteiger partial charge in [-0.05, 0) is 30.2 Å². The molecule has 0 spiro atoms. The minimum atomic E-state index is -2.30. The molecule has 120 valence electrons. The quantitative estimate of drug-likeness (QED) is 0.902. The Morgan fingerprint density at radius 3 is 2.48 bits per heavy atom. The van der Waals surface area contributed by atoms with E-state index in [1.807, 2.05) is 25.1 Å². The predicted molar refractivity (Wildman–Crippen MR) is 82.8 cm³/mol. The molecular weight excluding hydrogens is 298 g/mol. The van der Waals surface area contributed by atoms with E-state index in [0.717, 1.165) is 43.1 Å². The zero-order valence-corrected chi connectivity index (χ0v) is 13.3.